The third-order valence-corrected chi connectivity index (χ3v) is 4.12. The molecule has 1 aliphatic rings. The quantitative estimate of drug-likeness (QED) is 0.883. The molecule has 0 bridgehead atoms. The molecule has 0 saturated heterocycles. The molecule has 2 atom stereocenters. The summed E-state index contributed by atoms with van der Waals surface area (Å²) in [6.45, 7) is 9.39. The molecule has 112 valence electrons. The molecular formula is C16H25NO3. The average molecular weight is 279 g/mol. The van der Waals surface area contributed by atoms with Crippen LogP contribution in [0.5, 0.6) is 5.75 Å². The van der Waals surface area contributed by atoms with Crippen LogP contribution < -0.4 is 4.74 Å². The fourth-order valence-corrected chi connectivity index (χ4v) is 3.18. The Kier molecular flexibility index (Phi) is 4.37. The zero-order valence-electron chi connectivity index (χ0n) is 12.8. The Balaban J connectivity index is 2.44. The van der Waals surface area contributed by atoms with E-state index in [1.54, 1.807) is 0 Å². The molecule has 1 heterocycles. The third-order valence-electron chi connectivity index (χ3n) is 4.12. The zero-order chi connectivity index (χ0) is 14.9. The summed E-state index contributed by atoms with van der Waals surface area (Å²) in [5.74, 6) is 0.793. The predicted molar refractivity (Wildman–Crippen MR) is 79.0 cm³/mol. The third kappa shape index (κ3) is 2.55. The molecule has 20 heavy (non-hydrogen) atoms. The highest BCUT2D eigenvalue weighted by molar-refractivity contribution is 5.45. The minimum atomic E-state index is -0.611. The fraction of sp³-hybridized carbons (Fsp3) is 0.625. The summed E-state index contributed by atoms with van der Waals surface area (Å²) in [5.41, 5.74) is 1.37. The van der Waals surface area contributed by atoms with Crippen LogP contribution in [-0.4, -0.2) is 46.5 Å². The van der Waals surface area contributed by atoms with E-state index in [1.807, 2.05) is 45.9 Å². The molecule has 1 aromatic rings. The number of fused-ring (bicyclic) bond motifs is 1. The van der Waals surface area contributed by atoms with Crippen molar-refractivity contribution in [2.45, 2.75) is 45.4 Å². The summed E-state index contributed by atoms with van der Waals surface area (Å²) in [4.78, 5) is 2.08. The lowest BCUT2D eigenvalue weighted by molar-refractivity contribution is -0.0844. The minimum Gasteiger partial charge on any atom is -0.485 e. The van der Waals surface area contributed by atoms with E-state index in [0.717, 1.165) is 23.4 Å². The van der Waals surface area contributed by atoms with Crippen LogP contribution in [-0.2, 0) is 0 Å². The van der Waals surface area contributed by atoms with Crippen LogP contribution in [0.3, 0.4) is 0 Å². The van der Waals surface area contributed by atoms with E-state index in [2.05, 4.69) is 4.90 Å². The van der Waals surface area contributed by atoms with E-state index in [-0.39, 0.29) is 12.6 Å². The number of aryl methyl sites for hydroxylation is 1. The second kappa shape index (κ2) is 5.72. The smallest absolute Gasteiger partial charge is 0.128 e. The maximum absolute atomic E-state index is 10.8. The number of nitrogens with zero attached hydrogens (tertiary/aromatic N) is 1. The molecule has 4 nitrogen and oxygen atoms in total. The molecule has 0 fully saturated rings. The molecule has 4 heteroatoms. The van der Waals surface area contributed by atoms with Crippen molar-refractivity contribution in [3.05, 3.63) is 29.3 Å². The van der Waals surface area contributed by atoms with Gasteiger partial charge in [0.15, 0.2) is 0 Å². The van der Waals surface area contributed by atoms with Gasteiger partial charge in [0.25, 0.3) is 0 Å². The Bertz CT molecular complexity index is 473. The summed E-state index contributed by atoms with van der Waals surface area (Å²) in [6.07, 6.45) is -0.611. The van der Waals surface area contributed by atoms with Gasteiger partial charge < -0.3 is 14.9 Å². The summed E-state index contributed by atoms with van der Waals surface area (Å²) >= 11 is 0. The molecule has 0 aromatic heterocycles. The van der Waals surface area contributed by atoms with Crippen LogP contribution in [0.2, 0.25) is 0 Å². The molecule has 2 N–H and O–H groups in total. The lowest BCUT2D eigenvalue weighted by atomic mass is 9.84. The number of rotatable bonds is 4. The number of aliphatic hydroxyl groups is 2. The first-order chi connectivity index (χ1) is 9.42. The lowest BCUT2D eigenvalue weighted by Gasteiger charge is -2.48. The van der Waals surface area contributed by atoms with Crippen LogP contribution in [0.4, 0.5) is 0 Å². The maximum atomic E-state index is 10.8. The Hall–Kier alpha value is -1.10. The predicted octanol–water partition coefficient (Wildman–Crippen LogP) is 1.88. The van der Waals surface area contributed by atoms with Crippen molar-refractivity contribution in [3.8, 4) is 5.75 Å². The van der Waals surface area contributed by atoms with Gasteiger partial charge in [-0.25, -0.2) is 0 Å². The van der Waals surface area contributed by atoms with Crippen LogP contribution in [0.25, 0.3) is 0 Å². The first-order valence-electron chi connectivity index (χ1n) is 7.24. The normalized spacial score (nSPS) is 24.4. The molecule has 0 amide bonds. The van der Waals surface area contributed by atoms with Gasteiger partial charge in [-0.3, -0.25) is 4.90 Å². The van der Waals surface area contributed by atoms with Gasteiger partial charge in [-0.15, -0.1) is 0 Å². The lowest BCUT2D eigenvalue weighted by Crippen LogP contribution is -2.58. The average Bonchev–Trinajstić information content (AvgIpc) is 2.38. The van der Waals surface area contributed by atoms with Crippen molar-refractivity contribution < 1.29 is 14.9 Å². The monoisotopic (exact) mass is 279 g/mol. The van der Waals surface area contributed by atoms with Gasteiger partial charge in [0.2, 0.25) is 0 Å². The number of benzene rings is 1. The molecule has 2 unspecified atom stereocenters. The summed E-state index contributed by atoms with van der Waals surface area (Å²) in [5, 5.41) is 20.0. The molecule has 0 aliphatic carbocycles. The fourth-order valence-electron chi connectivity index (χ4n) is 3.18. The Labute approximate surface area is 121 Å². The molecular weight excluding hydrogens is 254 g/mol. The van der Waals surface area contributed by atoms with Crippen molar-refractivity contribution in [1.29, 1.82) is 0 Å². The van der Waals surface area contributed by atoms with Gasteiger partial charge in [-0.05, 0) is 32.9 Å². The van der Waals surface area contributed by atoms with Gasteiger partial charge in [0.1, 0.15) is 17.5 Å². The maximum Gasteiger partial charge on any atom is 0.128 e. The highest BCUT2D eigenvalue weighted by Crippen LogP contribution is 2.43. The minimum absolute atomic E-state index is 0.0772. The van der Waals surface area contributed by atoms with Crippen molar-refractivity contribution in [2.24, 2.45) is 0 Å². The standard InChI is InChI=1S/C16H25NO3/c1-5-17(9-10-18)15-13(19)12-8-6-7-11(2)14(12)20-16(15,3)4/h6-8,13,15,18-19H,5,9-10H2,1-4H3. The first-order valence-corrected chi connectivity index (χ1v) is 7.24. The van der Waals surface area contributed by atoms with Crippen LogP contribution >= 0.6 is 0 Å². The molecule has 0 spiro atoms. The van der Waals surface area contributed by atoms with E-state index in [1.165, 1.54) is 0 Å². The summed E-state index contributed by atoms with van der Waals surface area (Å²) < 4.78 is 6.18. The number of hydrogen-bond acceptors (Lipinski definition) is 4. The Morgan fingerprint density at radius 2 is 2.05 bits per heavy atom. The van der Waals surface area contributed by atoms with Gasteiger partial charge in [0, 0.05) is 12.1 Å². The molecule has 1 aliphatic heterocycles. The summed E-state index contributed by atoms with van der Waals surface area (Å²) in [7, 11) is 0. The van der Waals surface area contributed by atoms with Gasteiger partial charge >= 0.3 is 0 Å². The first kappa shape index (κ1) is 15.3. The highest BCUT2D eigenvalue weighted by Gasteiger charge is 2.46. The van der Waals surface area contributed by atoms with Gasteiger partial charge in [-0.1, -0.05) is 25.1 Å². The number of para-hydroxylation sites is 1. The van der Waals surface area contributed by atoms with Crippen LogP contribution in [0, 0.1) is 6.92 Å². The second-order valence-electron chi connectivity index (χ2n) is 5.94. The van der Waals surface area contributed by atoms with Gasteiger partial charge in [0.05, 0.1) is 12.6 Å². The van der Waals surface area contributed by atoms with E-state index >= 15 is 0 Å². The Morgan fingerprint density at radius 3 is 2.65 bits per heavy atom. The number of aliphatic hydroxyl groups excluding tert-OH is 2. The van der Waals surface area contributed by atoms with Crippen LogP contribution in [0.1, 0.15) is 38.0 Å². The topological polar surface area (TPSA) is 52.9 Å². The van der Waals surface area contributed by atoms with Crippen molar-refractivity contribution in [2.75, 3.05) is 19.7 Å². The van der Waals surface area contributed by atoms with Crippen molar-refractivity contribution in [3.63, 3.8) is 0 Å². The SMILES string of the molecule is CCN(CCO)C1C(O)c2cccc(C)c2OC1(C)C. The van der Waals surface area contributed by atoms with Crippen LogP contribution in [0.15, 0.2) is 18.2 Å². The van der Waals surface area contributed by atoms with Crippen molar-refractivity contribution in [1.82, 2.24) is 4.90 Å². The van der Waals surface area contributed by atoms with Crippen molar-refractivity contribution >= 4 is 0 Å². The summed E-state index contributed by atoms with van der Waals surface area (Å²) in [6, 6.07) is 5.68. The number of likely N-dealkylation sites (N-methyl/N-ethyl adjacent to an activating group) is 1. The Morgan fingerprint density at radius 1 is 1.35 bits per heavy atom. The molecule has 1 aromatic carbocycles. The van der Waals surface area contributed by atoms with E-state index in [9.17, 15) is 10.2 Å². The molecule has 0 saturated carbocycles. The van der Waals surface area contributed by atoms with E-state index in [4.69, 9.17) is 4.74 Å². The second-order valence-corrected chi connectivity index (χ2v) is 5.94. The molecule has 2 rings (SSSR count). The van der Waals surface area contributed by atoms with E-state index < -0.39 is 11.7 Å². The highest BCUT2D eigenvalue weighted by atomic mass is 16.5. The zero-order valence-corrected chi connectivity index (χ0v) is 12.8. The number of ether oxygens (including phenoxy) is 1. The molecule has 0 radical (unpaired) electrons. The van der Waals surface area contributed by atoms with Gasteiger partial charge in [-0.2, -0.15) is 0 Å². The largest absolute Gasteiger partial charge is 0.485 e. The number of hydrogen-bond donors (Lipinski definition) is 2. The van der Waals surface area contributed by atoms with E-state index in [0.29, 0.717) is 6.54 Å².